The highest BCUT2D eigenvalue weighted by Gasteiger charge is 1.25. The lowest BCUT2D eigenvalue weighted by molar-refractivity contribution is -0.106. The summed E-state index contributed by atoms with van der Waals surface area (Å²) >= 11 is 0. The molecule has 0 unspecified atom stereocenters. The van der Waals surface area contributed by atoms with E-state index >= 15 is 0 Å². The first-order valence-corrected chi connectivity index (χ1v) is 5.07. The molecule has 0 aromatic heterocycles. The van der Waals surface area contributed by atoms with Crippen LogP contribution in [0, 0.1) is 0 Å². The number of carbonyl (C=O) groups is 5. The molecule has 17 heavy (non-hydrogen) atoms. The van der Waals surface area contributed by atoms with Gasteiger partial charge in [-0.25, -0.2) is 0 Å². The highest BCUT2D eigenvalue weighted by molar-refractivity contribution is 5.45. The molecule has 5 heteroatoms. The van der Waals surface area contributed by atoms with Crippen molar-refractivity contribution in [1.29, 1.82) is 0 Å². The second-order valence-corrected chi connectivity index (χ2v) is 1.18. The summed E-state index contributed by atoms with van der Waals surface area (Å²) in [6, 6.07) is 0. The van der Waals surface area contributed by atoms with Crippen molar-refractivity contribution in [2.24, 2.45) is 0 Å². The van der Waals surface area contributed by atoms with Crippen molar-refractivity contribution in [3.8, 4) is 0 Å². The van der Waals surface area contributed by atoms with Gasteiger partial charge in [0.25, 0.3) is 0 Å². The minimum Gasteiger partial charge on any atom is -0.304 e. The van der Waals surface area contributed by atoms with Crippen LogP contribution in [0.15, 0.2) is 0 Å². The fourth-order valence-corrected chi connectivity index (χ4v) is 0. The van der Waals surface area contributed by atoms with Crippen LogP contribution in [-0.4, -0.2) is 31.4 Å². The van der Waals surface area contributed by atoms with Gasteiger partial charge in [0.2, 0.25) is 0 Å². The predicted octanol–water partition coefficient (Wildman–Crippen LogP) is 2.05. The Kier molecular flexibility index (Phi) is 485. The van der Waals surface area contributed by atoms with E-state index in [0.717, 1.165) is 31.4 Å². The van der Waals surface area contributed by atoms with Crippen LogP contribution in [0.2, 0.25) is 0 Å². The third-order valence-electron chi connectivity index (χ3n) is 0. The molecule has 0 fully saturated rings. The third kappa shape index (κ3) is 804. The van der Waals surface area contributed by atoms with E-state index in [9.17, 15) is 0 Å². The second-order valence-electron chi connectivity index (χ2n) is 1.18. The van der Waals surface area contributed by atoms with E-state index in [-0.39, 0.29) is 0 Å². The molecule has 5 nitrogen and oxygen atoms in total. The lowest BCUT2D eigenvalue weighted by Gasteiger charge is -1.24. The zero-order valence-electron chi connectivity index (χ0n) is 11.9. The summed E-state index contributed by atoms with van der Waals surface area (Å²) in [5.74, 6) is 0. The molecule has 0 aliphatic heterocycles. The Morgan fingerprint density at radius 1 is 0.412 bits per heavy atom. The molecule has 104 valence electrons. The van der Waals surface area contributed by atoms with E-state index in [2.05, 4.69) is 0 Å². The van der Waals surface area contributed by atoms with Gasteiger partial charge >= 0.3 is 0 Å². The number of hydrogen-bond donors (Lipinski definition) is 0. The molecule has 0 saturated heterocycles. The molecular weight excluding hydrogens is 224 g/mol. The van der Waals surface area contributed by atoms with Gasteiger partial charge in [-0.05, 0) is 34.6 Å². The van der Waals surface area contributed by atoms with Gasteiger partial charge < -0.3 is 24.0 Å². The van der Waals surface area contributed by atoms with Crippen molar-refractivity contribution in [2.75, 3.05) is 0 Å². The Bertz CT molecular complexity index is 87.2. The number of carbonyl (C=O) groups excluding carboxylic acids is 5. The SMILES string of the molecule is CC.CC=O.CC=O.CC=O.CC=O.CC=O. The summed E-state index contributed by atoms with van der Waals surface area (Å²) in [5.41, 5.74) is 0. The van der Waals surface area contributed by atoms with Gasteiger partial charge in [-0.15, -0.1) is 0 Å². The first kappa shape index (κ1) is 36.2. The molecule has 0 aromatic rings. The lowest BCUT2D eigenvalue weighted by atomic mass is 11.0. The van der Waals surface area contributed by atoms with Gasteiger partial charge in [0.05, 0.1) is 0 Å². The van der Waals surface area contributed by atoms with Crippen LogP contribution in [0.4, 0.5) is 0 Å². The topological polar surface area (TPSA) is 85.3 Å². The summed E-state index contributed by atoms with van der Waals surface area (Å²) in [4.78, 5) is 44.0. The highest BCUT2D eigenvalue weighted by Crippen LogP contribution is 1.15. The van der Waals surface area contributed by atoms with Crippen molar-refractivity contribution in [3.05, 3.63) is 0 Å². The smallest absolute Gasteiger partial charge is 0.116 e. The molecule has 0 aliphatic carbocycles. The molecule has 0 heterocycles. The average Bonchev–Trinajstić information content (AvgIpc) is 2.25. The van der Waals surface area contributed by atoms with Crippen LogP contribution in [0.1, 0.15) is 48.5 Å². The largest absolute Gasteiger partial charge is 0.304 e. The first-order valence-electron chi connectivity index (χ1n) is 5.07. The van der Waals surface area contributed by atoms with E-state index in [1.54, 1.807) is 0 Å². The molecule has 0 N–H and O–H groups in total. The monoisotopic (exact) mass is 250 g/mol. The summed E-state index contributed by atoms with van der Waals surface area (Å²) < 4.78 is 0. The van der Waals surface area contributed by atoms with Crippen LogP contribution in [0.25, 0.3) is 0 Å². The summed E-state index contributed by atoms with van der Waals surface area (Å²) in [6.07, 6.45) is 3.75. The van der Waals surface area contributed by atoms with Crippen molar-refractivity contribution in [1.82, 2.24) is 0 Å². The van der Waals surface area contributed by atoms with Crippen molar-refractivity contribution < 1.29 is 24.0 Å². The van der Waals surface area contributed by atoms with Gasteiger partial charge in [0.1, 0.15) is 31.4 Å². The Labute approximate surface area is 105 Å². The maximum Gasteiger partial charge on any atom is 0.116 e. The highest BCUT2D eigenvalue weighted by atomic mass is 16.1. The summed E-state index contributed by atoms with van der Waals surface area (Å²) in [6.45, 7) is 11.2. The van der Waals surface area contributed by atoms with E-state index in [1.807, 2.05) is 13.8 Å². The molecule has 0 spiro atoms. The molecule has 0 aromatic carbocycles. The van der Waals surface area contributed by atoms with Crippen LogP contribution in [0.5, 0.6) is 0 Å². The Morgan fingerprint density at radius 2 is 0.412 bits per heavy atom. The molecule has 0 amide bonds. The molecule has 0 saturated carbocycles. The zero-order chi connectivity index (χ0) is 15.5. The van der Waals surface area contributed by atoms with Gasteiger partial charge in [0.15, 0.2) is 0 Å². The molecule has 0 bridgehead atoms. The van der Waals surface area contributed by atoms with Crippen LogP contribution in [-0.2, 0) is 24.0 Å². The van der Waals surface area contributed by atoms with Gasteiger partial charge in [0, 0.05) is 0 Å². The normalized spacial score (nSPS) is 4.18. The summed E-state index contributed by atoms with van der Waals surface area (Å²) in [7, 11) is 0. The minimum atomic E-state index is 0.750. The zero-order valence-corrected chi connectivity index (χ0v) is 11.9. The van der Waals surface area contributed by atoms with Gasteiger partial charge in [-0.1, -0.05) is 13.8 Å². The first-order chi connectivity index (χ1) is 8.07. The Balaban J connectivity index is -0.0000000215. The van der Waals surface area contributed by atoms with E-state index < -0.39 is 0 Å². The number of hydrogen-bond acceptors (Lipinski definition) is 5. The van der Waals surface area contributed by atoms with Crippen molar-refractivity contribution >= 4 is 31.4 Å². The van der Waals surface area contributed by atoms with Crippen molar-refractivity contribution in [3.63, 3.8) is 0 Å². The predicted molar refractivity (Wildman–Crippen MR) is 70.0 cm³/mol. The average molecular weight is 250 g/mol. The lowest BCUT2D eigenvalue weighted by Crippen LogP contribution is -1.36. The molecule has 0 aliphatic rings. The van der Waals surface area contributed by atoms with Crippen molar-refractivity contribution in [2.45, 2.75) is 48.5 Å². The molecule has 0 radical (unpaired) electrons. The minimum absolute atomic E-state index is 0.750. The quantitative estimate of drug-likeness (QED) is 0.614. The van der Waals surface area contributed by atoms with Crippen LogP contribution in [0.3, 0.4) is 0 Å². The second kappa shape index (κ2) is 228. The van der Waals surface area contributed by atoms with Crippen LogP contribution < -0.4 is 0 Å². The number of aldehydes is 5. The number of rotatable bonds is 0. The van der Waals surface area contributed by atoms with E-state index in [1.165, 1.54) is 34.6 Å². The maximum absolute atomic E-state index is 8.81. The van der Waals surface area contributed by atoms with Gasteiger partial charge in [-0.2, -0.15) is 0 Å². The van der Waals surface area contributed by atoms with Crippen LogP contribution >= 0.6 is 0 Å². The molecule has 0 atom stereocenters. The Hall–Kier alpha value is -1.65. The molecule has 0 rings (SSSR count). The fraction of sp³-hybridized carbons (Fsp3) is 0.583. The fourth-order valence-electron chi connectivity index (χ4n) is 0. The van der Waals surface area contributed by atoms with E-state index in [4.69, 9.17) is 24.0 Å². The third-order valence-corrected chi connectivity index (χ3v) is 0. The molecular formula is C12H26O5. The standard InChI is InChI=1S/5C2H4O.C2H6/c5*1-2-3;1-2/h5*2H,1H3;1-2H3. The Morgan fingerprint density at radius 3 is 0.412 bits per heavy atom. The maximum atomic E-state index is 8.81. The van der Waals surface area contributed by atoms with E-state index in [0.29, 0.717) is 0 Å². The summed E-state index contributed by atoms with van der Waals surface area (Å²) in [5, 5.41) is 0. The van der Waals surface area contributed by atoms with Gasteiger partial charge in [-0.3, -0.25) is 0 Å².